The van der Waals surface area contributed by atoms with Gasteiger partial charge in [-0.25, -0.2) is 0 Å². The van der Waals surface area contributed by atoms with E-state index in [0.29, 0.717) is 18.3 Å². The first kappa shape index (κ1) is 17.2. The van der Waals surface area contributed by atoms with Gasteiger partial charge in [-0.2, -0.15) is 0 Å². The van der Waals surface area contributed by atoms with Gasteiger partial charge in [0.25, 0.3) is 0 Å². The quantitative estimate of drug-likeness (QED) is 0.770. The summed E-state index contributed by atoms with van der Waals surface area (Å²) in [4.78, 5) is 23.0. The molecule has 2 aromatic rings. The second-order valence-electron chi connectivity index (χ2n) is 7.46. The van der Waals surface area contributed by atoms with Gasteiger partial charge in [0, 0.05) is 56.3 Å². The molecule has 0 N–H and O–H groups in total. The van der Waals surface area contributed by atoms with Crippen LogP contribution in [0.15, 0.2) is 49.1 Å². The summed E-state index contributed by atoms with van der Waals surface area (Å²) in [7, 11) is 0. The maximum absolute atomic E-state index is 12.8. The Morgan fingerprint density at radius 1 is 1.08 bits per heavy atom. The average molecular weight is 351 g/mol. The van der Waals surface area contributed by atoms with E-state index in [4.69, 9.17) is 4.74 Å². The van der Waals surface area contributed by atoms with Gasteiger partial charge in [0.1, 0.15) is 0 Å². The van der Waals surface area contributed by atoms with Crippen molar-refractivity contribution >= 4 is 5.91 Å². The molecule has 0 bridgehead atoms. The highest BCUT2D eigenvalue weighted by atomic mass is 16.5. The molecule has 1 amide bonds. The number of rotatable bonds is 7. The number of likely N-dealkylation sites (tertiary alicyclic amines) is 1. The Balaban J connectivity index is 1.42. The van der Waals surface area contributed by atoms with Gasteiger partial charge >= 0.3 is 0 Å². The van der Waals surface area contributed by atoms with Crippen LogP contribution in [0.4, 0.5) is 0 Å². The van der Waals surface area contributed by atoms with E-state index in [9.17, 15) is 4.79 Å². The molecule has 5 heteroatoms. The molecule has 136 valence electrons. The number of aromatic nitrogens is 2. The lowest BCUT2D eigenvalue weighted by molar-refractivity contribution is -0.129. The normalized spacial score (nSPS) is 22.5. The average Bonchev–Trinajstić information content (AvgIpc) is 3.40. The number of amides is 1. The van der Waals surface area contributed by atoms with Crippen LogP contribution in [0.25, 0.3) is 0 Å². The minimum atomic E-state index is 0.168. The third kappa shape index (κ3) is 4.28. The lowest BCUT2D eigenvalue weighted by Crippen LogP contribution is -2.30. The Labute approximate surface area is 154 Å². The van der Waals surface area contributed by atoms with Crippen LogP contribution in [0.1, 0.15) is 29.9 Å². The number of carbonyl (C=O) groups excluding carboxylic acids is 1. The number of hydrogen-bond acceptors (Lipinski definition) is 4. The highest BCUT2D eigenvalue weighted by Gasteiger charge is 2.36. The molecular weight excluding hydrogens is 326 g/mol. The Morgan fingerprint density at radius 2 is 1.92 bits per heavy atom. The fourth-order valence-electron chi connectivity index (χ4n) is 3.69. The summed E-state index contributed by atoms with van der Waals surface area (Å²) in [5.74, 6) is 1.59. The molecule has 3 heterocycles. The summed E-state index contributed by atoms with van der Waals surface area (Å²) in [6.07, 6.45) is 10.2. The SMILES string of the molecule is O=C(Cc1cccnc1)N1C[C@@H](COCC2CC2)[C@H](c2ccncc2)C1. The van der Waals surface area contributed by atoms with Crippen molar-refractivity contribution in [2.75, 3.05) is 26.3 Å². The first-order chi connectivity index (χ1) is 12.8. The summed E-state index contributed by atoms with van der Waals surface area (Å²) >= 11 is 0. The molecule has 0 aromatic carbocycles. The summed E-state index contributed by atoms with van der Waals surface area (Å²) in [6, 6.07) is 7.96. The van der Waals surface area contributed by atoms with Gasteiger partial charge in [0.05, 0.1) is 13.0 Å². The molecule has 2 aromatic heterocycles. The Bertz CT molecular complexity index is 719. The topological polar surface area (TPSA) is 55.3 Å². The van der Waals surface area contributed by atoms with Crippen molar-refractivity contribution in [2.24, 2.45) is 11.8 Å². The third-order valence-electron chi connectivity index (χ3n) is 5.39. The molecule has 0 spiro atoms. The van der Waals surface area contributed by atoms with Crippen LogP contribution in [0.2, 0.25) is 0 Å². The maximum atomic E-state index is 12.8. The van der Waals surface area contributed by atoms with Crippen LogP contribution in [0.5, 0.6) is 0 Å². The molecule has 1 aliphatic heterocycles. The number of nitrogens with zero attached hydrogens (tertiary/aromatic N) is 3. The summed E-state index contributed by atoms with van der Waals surface area (Å²) < 4.78 is 5.98. The van der Waals surface area contributed by atoms with Gasteiger partial charge in [-0.15, -0.1) is 0 Å². The highest BCUT2D eigenvalue weighted by molar-refractivity contribution is 5.79. The largest absolute Gasteiger partial charge is 0.381 e. The molecule has 4 rings (SSSR count). The van der Waals surface area contributed by atoms with E-state index in [2.05, 4.69) is 22.1 Å². The zero-order chi connectivity index (χ0) is 17.8. The maximum Gasteiger partial charge on any atom is 0.227 e. The fraction of sp³-hybridized carbons (Fsp3) is 0.476. The Kier molecular flexibility index (Phi) is 5.25. The summed E-state index contributed by atoms with van der Waals surface area (Å²) in [6.45, 7) is 3.10. The number of carbonyl (C=O) groups is 1. The van der Waals surface area contributed by atoms with Gasteiger partial charge in [0.15, 0.2) is 0 Å². The van der Waals surface area contributed by atoms with E-state index in [1.807, 2.05) is 29.4 Å². The minimum absolute atomic E-state index is 0.168. The van der Waals surface area contributed by atoms with Gasteiger partial charge in [0.2, 0.25) is 5.91 Å². The molecule has 1 saturated heterocycles. The van der Waals surface area contributed by atoms with Crippen LogP contribution in [0, 0.1) is 11.8 Å². The third-order valence-corrected chi connectivity index (χ3v) is 5.39. The second kappa shape index (κ2) is 7.96. The first-order valence-corrected chi connectivity index (χ1v) is 9.44. The van der Waals surface area contributed by atoms with E-state index >= 15 is 0 Å². The van der Waals surface area contributed by atoms with Crippen LogP contribution < -0.4 is 0 Å². The van der Waals surface area contributed by atoms with Crippen LogP contribution in [0.3, 0.4) is 0 Å². The Morgan fingerprint density at radius 3 is 2.65 bits per heavy atom. The van der Waals surface area contributed by atoms with E-state index in [0.717, 1.165) is 37.8 Å². The van der Waals surface area contributed by atoms with E-state index in [1.165, 1.54) is 18.4 Å². The number of ether oxygens (including phenoxy) is 1. The molecule has 2 aliphatic rings. The van der Waals surface area contributed by atoms with Crippen molar-refractivity contribution in [1.82, 2.24) is 14.9 Å². The summed E-state index contributed by atoms with van der Waals surface area (Å²) in [5, 5.41) is 0. The van der Waals surface area contributed by atoms with Crippen LogP contribution in [-0.2, 0) is 16.0 Å². The van der Waals surface area contributed by atoms with E-state index < -0.39 is 0 Å². The lowest BCUT2D eigenvalue weighted by Gasteiger charge is -2.18. The van der Waals surface area contributed by atoms with Gasteiger partial charge in [-0.05, 0) is 48.1 Å². The summed E-state index contributed by atoms with van der Waals surface area (Å²) in [5.41, 5.74) is 2.21. The first-order valence-electron chi connectivity index (χ1n) is 9.44. The van der Waals surface area contributed by atoms with E-state index in [1.54, 1.807) is 12.4 Å². The van der Waals surface area contributed by atoms with Crippen molar-refractivity contribution < 1.29 is 9.53 Å². The zero-order valence-corrected chi connectivity index (χ0v) is 15.0. The second-order valence-corrected chi connectivity index (χ2v) is 7.46. The standard InChI is InChI=1S/C21H25N3O2/c25-21(10-17-2-1-7-23-11-17)24-12-19(15-26-14-16-3-4-16)20(13-24)18-5-8-22-9-6-18/h1-2,5-9,11,16,19-20H,3-4,10,12-15H2/t19-,20-/m0/s1. The lowest BCUT2D eigenvalue weighted by atomic mass is 9.90. The predicted molar refractivity (Wildman–Crippen MR) is 98.5 cm³/mol. The molecular formula is C21H25N3O2. The molecule has 2 fully saturated rings. The van der Waals surface area contributed by atoms with Crippen molar-refractivity contribution in [3.63, 3.8) is 0 Å². The molecule has 1 saturated carbocycles. The fourth-order valence-corrected chi connectivity index (χ4v) is 3.69. The van der Waals surface area contributed by atoms with Gasteiger partial charge < -0.3 is 9.64 Å². The van der Waals surface area contributed by atoms with Crippen molar-refractivity contribution in [1.29, 1.82) is 0 Å². The van der Waals surface area contributed by atoms with Gasteiger partial charge in [-0.3, -0.25) is 14.8 Å². The molecule has 26 heavy (non-hydrogen) atoms. The van der Waals surface area contributed by atoms with Gasteiger partial charge in [-0.1, -0.05) is 6.07 Å². The number of hydrogen-bond donors (Lipinski definition) is 0. The van der Waals surface area contributed by atoms with Crippen LogP contribution in [-0.4, -0.2) is 47.1 Å². The highest BCUT2D eigenvalue weighted by Crippen LogP contribution is 2.34. The van der Waals surface area contributed by atoms with Crippen molar-refractivity contribution in [3.8, 4) is 0 Å². The molecule has 0 unspecified atom stereocenters. The smallest absolute Gasteiger partial charge is 0.227 e. The molecule has 5 nitrogen and oxygen atoms in total. The van der Waals surface area contributed by atoms with Crippen molar-refractivity contribution in [3.05, 3.63) is 60.2 Å². The monoisotopic (exact) mass is 351 g/mol. The van der Waals surface area contributed by atoms with E-state index in [-0.39, 0.29) is 5.91 Å². The minimum Gasteiger partial charge on any atom is -0.381 e. The zero-order valence-electron chi connectivity index (χ0n) is 15.0. The Hall–Kier alpha value is -2.27. The molecule has 0 radical (unpaired) electrons. The molecule has 2 atom stereocenters. The van der Waals surface area contributed by atoms with Crippen molar-refractivity contribution in [2.45, 2.75) is 25.2 Å². The molecule has 1 aliphatic carbocycles. The number of pyridine rings is 2. The predicted octanol–water partition coefficient (Wildman–Crippen LogP) is 2.69. The van der Waals surface area contributed by atoms with Crippen LogP contribution >= 0.6 is 0 Å².